The van der Waals surface area contributed by atoms with Gasteiger partial charge in [0.05, 0.1) is 5.69 Å². The minimum absolute atomic E-state index is 0.550. The zero-order valence-corrected chi connectivity index (χ0v) is 12.6. The molecular formula is C14H20BrN3. The van der Waals surface area contributed by atoms with Crippen LogP contribution in [-0.4, -0.2) is 32.2 Å². The van der Waals surface area contributed by atoms with Gasteiger partial charge in [0.25, 0.3) is 0 Å². The molecule has 0 unspecified atom stereocenters. The first-order valence-corrected chi connectivity index (χ1v) is 7.55. The van der Waals surface area contributed by atoms with Gasteiger partial charge in [-0.25, -0.2) is 4.98 Å². The second-order valence-electron chi connectivity index (χ2n) is 4.81. The zero-order chi connectivity index (χ0) is 13.0. The summed E-state index contributed by atoms with van der Waals surface area (Å²) in [6.45, 7) is 6.51. The Morgan fingerprint density at radius 1 is 1.39 bits per heavy atom. The van der Waals surface area contributed by atoms with Gasteiger partial charge in [-0.15, -0.1) is 0 Å². The van der Waals surface area contributed by atoms with E-state index in [0.717, 1.165) is 29.8 Å². The first kappa shape index (κ1) is 13.6. The Kier molecular flexibility index (Phi) is 4.78. The summed E-state index contributed by atoms with van der Waals surface area (Å²) in [6.07, 6.45) is 5.34. The largest absolute Gasteiger partial charge is 0.307 e. The van der Waals surface area contributed by atoms with Crippen LogP contribution >= 0.6 is 15.9 Å². The maximum Gasteiger partial charge on any atom is 0.137 e. The van der Waals surface area contributed by atoms with Gasteiger partial charge in [0.2, 0.25) is 0 Å². The summed E-state index contributed by atoms with van der Waals surface area (Å²) in [6, 6.07) is 6.65. The number of rotatable bonds is 6. The van der Waals surface area contributed by atoms with Crippen LogP contribution in [0, 0.1) is 0 Å². The number of halogens is 1. The van der Waals surface area contributed by atoms with Gasteiger partial charge in [-0.05, 0) is 38.9 Å². The highest BCUT2D eigenvalue weighted by Crippen LogP contribution is 2.10. The fourth-order valence-electron chi connectivity index (χ4n) is 2.05. The number of aromatic nitrogens is 2. The molecule has 2 heterocycles. The molecule has 2 aromatic rings. The molecule has 0 saturated heterocycles. The van der Waals surface area contributed by atoms with Crippen LogP contribution in [0.2, 0.25) is 0 Å². The van der Waals surface area contributed by atoms with Crippen molar-refractivity contribution in [1.82, 2.24) is 14.3 Å². The van der Waals surface area contributed by atoms with Crippen molar-refractivity contribution >= 4 is 21.6 Å². The molecule has 0 aliphatic rings. The second-order valence-corrected chi connectivity index (χ2v) is 5.60. The standard InChI is InChI=1S/C14H20BrN3/c1-12(2)17(9-5-7-15)10-13-11-18-8-4-3-6-14(18)16-13/h3-4,6,8,11-12H,5,7,9-10H2,1-2H3. The molecule has 3 nitrogen and oxygen atoms in total. The van der Waals surface area contributed by atoms with Gasteiger partial charge in [0.15, 0.2) is 0 Å². The van der Waals surface area contributed by atoms with Crippen LogP contribution in [0.1, 0.15) is 26.0 Å². The molecule has 2 aromatic heterocycles. The lowest BCUT2D eigenvalue weighted by atomic mass is 10.2. The smallest absolute Gasteiger partial charge is 0.137 e. The molecule has 0 saturated carbocycles. The van der Waals surface area contributed by atoms with Crippen molar-refractivity contribution in [3.8, 4) is 0 Å². The molecule has 0 aromatic carbocycles. The van der Waals surface area contributed by atoms with Crippen LogP contribution in [0.5, 0.6) is 0 Å². The molecule has 0 fully saturated rings. The van der Waals surface area contributed by atoms with E-state index in [1.165, 1.54) is 6.42 Å². The van der Waals surface area contributed by atoms with Crippen molar-refractivity contribution in [3.05, 3.63) is 36.3 Å². The van der Waals surface area contributed by atoms with Crippen molar-refractivity contribution in [2.24, 2.45) is 0 Å². The Hall–Kier alpha value is -0.870. The molecule has 0 spiro atoms. The number of hydrogen-bond donors (Lipinski definition) is 0. The maximum absolute atomic E-state index is 4.65. The average Bonchev–Trinajstić information content (AvgIpc) is 2.76. The summed E-state index contributed by atoms with van der Waals surface area (Å²) >= 11 is 3.49. The summed E-state index contributed by atoms with van der Waals surface area (Å²) in [7, 11) is 0. The summed E-state index contributed by atoms with van der Waals surface area (Å²) in [5.74, 6) is 0. The first-order valence-electron chi connectivity index (χ1n) is 6.43. The van der Waals surface area contributed by atoms with Crippen LogP contribution in [0.15, 0.2) is 30.6 Å². The molecule has 98 valence electrons. The molecule has 0 radical (unpaired) electrons. The number of imidazole rings is 1. The predicted octanol–water partition coefficient (Wildman–Crippen LogP) is 3.33. The highest BCUT2D eigenvalue weighted by atomic mass is 79.9. The minimum atomic E-state index is 0.550. The van der Waals surface area contributed by atoms with Gasteiger partial charge in [-0.2, -0.15) is 0 Å². The molecule has 4 heteroatoms. The van der Waals surface area contributed by atoms with E-state index in [0.29, 0.717) is 6.04 Å². The van der Waals surface area contributed by atoms with Gasteiger partial charge in [0, 0.05) is 30.3 Å². The van der Waals surface area contributed by atoms with Gasteiger partial charge < -0.3 is 4.40 Å². The maximum atomic E-state index is 4.65. The summed E-state index contributed by atoms with van der Waals surface area (Å²) in [5.41, 5.74) is 2.17. The third-order valence-corrected chi connectivity index (χ3v) is 3.65. The third kappa shape index (κ3) is 3.33. The number of nitrogens with zero attached hydrogens (tertiary/aromatic N) is 3. The third-order valence-electron chi connectivity index (χ3n) is 3.09. The minimum Gasteiger partial charge on any atom is -0.307 e. The molecule has 0 amide bonds. The number of fused-ring (bicyclic) bond motifs is 1. The van der Waals surface area contributed by atoms with Crippen molar-refractivity contribution in [2.45, 2.75) is 32.9 Å². The average molecular weight is 310 g/mol. The van der Waals surface area contributed by atoms with Crippen molar-refractivity contribution < 1.29 is 0 Å². The van der Waals surface area contributed by atoms with Gasteiger partial charge >= 0.3 is 0 Å². The first-order chi connectivity index (χ1) is 8.70. The predicted molar refractivity (Wildman–Crippen MR) is 79.1 cm³/mol. The molecule has 0 bridgehead atoms. The second kappa shape index (κ2) is 6.34. The molecule has 0 N–H and O–H groups in total. The summed E-state index contributed by atoms with van der Waals surface area (Å²) in [5, 5.41) is 1.06. The fraction of sp³-hybridized carbons (Fsp3) is 0.500. The quantitative estimate of drug-likeness (QED) is 0.763. The normalized spacial score (nSPS) is 11.8. The molecule has 0 atom stereocenters. The van der Waals surface area contributed by atoms with E-state index in [4.69, 9.17) is 0 Å². The molecule has 18 heavy (non-hydrogen) atoms. The number of pyridine rings is 1. The topological polar surface area (TPSA) is 20.5 Å². The van der Waals surface area contributed by atoms with E-state index in [-0.39, 0.29) is 0 Å². The van der Waals surface area contributed by atoms with Gasteiger partial charge in [-0.1, -0.05) is 22.0 Å². The van der Waals surface area contributed by atoms with Crippen LogP contribution in [0.4, 0.5) is 0 Å². The van der Waals surface area contributed by atoms with Crippen LogP contribution < -0.4 is 0 Å². The monoisotopic (exact) mass is 309 g/mol. The summed E-state index contributed by atoms with van der Waals surface area (Å²) in [4.78, 5) is 7.11. The molecular weight excluding hydrogens is 290 g/mol. The van der Waals surface area contributed by atoms with Crippen molar-refractivity contribution in [3.63, 3.8) is 0 Å². The SMILES string of the molecule is CC(C)N(CCCBr)Cc1cn2ccccc2n1. The van der Waals surface area contributed by atoms with Crippen LogP contribution in [-0.2, 0) is 6.54 Å². The Balaban J connectivity index is 2.10. The van der Waals surface area contributed by atoms with E-state index < -0.39 is 0 Å². The lowest BCUT2D eigenvalue weighted by Gasteiger charge is -2.25. The fourth-order valence-corrected chi connectivity index (χ4v) is 2.30. The molecule has 0 aliphatic heterocycles. The van der Waals surface area contributed by atoms with E-state index in [9.17, 15) is 0 Å². The Labute approximate surface area is 117 Å². The van der Waals surface area contributed by atoms with Crippen molar-refractivity contribution in [1.29, 1.82) is 0 Å². The Bertz CT molecular complexity index is 459. The van der Waals surface area contributed by atoms with E-state index >= 15 is 0 Å². The van der Waals surface area contributed by atoms with E-state index in [1.54, 1.807) is 0 Å². The van der Waals surface area contributed by atoms with E-state index in [2.05, 4.69) is 50.3 Å². The lowest BCUT2D eigenvalue weighted by Crippen LogP contribution is -2.31. The van der Waals surface area contributed by atoms with Crippen molar-refractivity contribution in [2.75, 3.05) is 11.9 Å². The van der Waals surface area contributed by atoms with Gasteiger partial charge in [-0.3, -0.25) is 4.90 Å². The summed E-state index contributed by atoms with van der Waals surface area (Å²) < 4.78 is 2.08. The van der Waals surface area contributed by atoms with E-state index in [1.807, 2.05) is 24.4 Å². The lowest BCUT2D eigenvalue weighted by molar-refractivity contribution is 0.212. The highest BCUT2D eigenvalue weighted by Gasteiger charge is 2.11. The molecule has 2 rings (SSSR count). The van der Waals surface area contributed by atoms with Crippen LogP contribution in [0.25, 0.3) is 5.65 Å². The van der Waals surface area contributed by atoms with Crippen LogP contribution in [0.3, 0.4) is 0 Å². The molecule has 0 aliphatic carbocycles. The number of hydrogen-bond acceptors (Lipinski definition) is 2. The zero-order valence-electron chi connectivity index (χ0n) is 11.0. The van der Waals surface area contributed by atoms with Gasteiger partial charge in [0.1, 0.15) is 5.65 Å². The number of alkyl halides is 1. The Morgan fingerprint density at radius 3 is 2.89 bits per heavy atom. The highest BCUT2D eigenvalue weighted by molar-refractivity contribution is 9.09. The Morgan fingerprint density at radius 2 is 2.22 bits per heavy atom.